The highest BCUT2D eigenvalue weighted by molar-refractivity contribution is 6.33. The lowest BCUT2D eigenvalue weighted by atomic mass is 10.4. The van der Waals surface area contributed by atoms with E-state index in [1.54, 1.807) is 26.4 Å². The first-order valence-electron chi connectivity index (χ1n) is 4.15. The minimum Gasteiger partial charge on any atom is -0.375 e. The Labute approximate surface area is 87.9 Å². The van der Waals surface area contributed by atoms with Crippen molar-refractivity contribution in [2.45, 2.75) is 0 Å². The number of nitrogens with zero attached hydrogens (tertiary/aromatic N) is 2. The molecule has 0 atom stereocenters. The smallest absolute Gasteiger partial charge is 0.241 e. The number of amides is 1. The summed E-state index contributed by atoms with van der Waals surface area (Å²) in [5.41, 5.74) is 0.719. The van der Waals surface area contributed by atoms with Gasteiger partial charge in [-0.2, -0.15) is 0 Å². The fourth-order valence-corrected chi connectivity index (χ4v) is 1.03. The van der Waals surface area contributed by atoms with Gasteiger partial charge in [0.15, 0.2) is 0 Å². The van der Waals surface area contributed by atoms with E-state index in [1.165, 1.54) is 11.1 Å². The van der Waals surface area contributed by atoms with Gasteiger partial charge in [-0.3, -0.25) is 9.78 Å². The van der Waals surface area contributed by atoms with E-state index in [0.717, 1.165) is 5.69 Å². The van der Waals surface area contributed by atoms with E-state index in [4.69, 9.17) is 11.6 Å². The number of aromatic nitrogens is 1. The molecular formula is C9H12ClN3O. The highest BCUT2D eigenvalue weighted by Gasteiger charge is 2.04. The average Bonchev–Trinajstić information content (AvgIpc) is 2.16. The first-order chi connectivity index (χ1) is 6.61. The fraction of sp³-hybridized carbons (Fsp3) is 0.333. The summed E-state index contributed by atoms with van der Waals surface area (Å²) in [6.07, 6.45) is 3.15. The van der Waals surface area contributed by atoms with Gasteiger partial charge in [-0.05, 0) is 6.07 Å². The van der Waals surface area contributed by atoms with Gasteiger partial charge in [0, 0.05) is 26.5 Å². The maximum atomic E-state index is 11.2. The van der Waals surface area contributed by atoms with Gasteiger partial charge in [0.2, 0.25) is 5.91 Å². The number of carbonyl (C=O) groups excluding carboxylic acids is 1. The number of hydrogen-bond acceptors (Lipinski definition) is 3. The first-order valence-corrected chi connectivity index (χ1v) is 4.52. The molecule has 1 rings (SSSR count). The Hall–Kier alpha value is -1.29. The largest absolute Gasteiger partial charge is 0.375 e. The van der Waals surface area contributed by atoms with Gasteiger partial charge in [-0.25, -0.2) is 0 Å². The number of nitrogens with one attached hydrogen (secondary N) is 1. The number of carbonyl (C=O) groups is 1. The van der Waals surface area contributed by atoms with Crippen LogP contribution in [0, 0.1) is 0 Å². The van der Waals surface area contributed by atoms with Crippen molar-refractivity contribution >= 4 is 23.2 Å². The van der Waals surface area contributed by atoms with Crippen molar-refractivity contribution in [3.63, 3.8) is 0 Å². The van der Waals surface area contributed by atoms with Crippen LogP contribution in [0.3, 0.4) is 0 Å². The Balaban J connectivity index is 2.54. The van der Waals surface area contributed by atoms with Crippen LogP contribution in [0.1, 0.15) is 0 Å². The zero-order valence-corrected chi connectivity index (χ0v) is 8.88. The first kappa shape index (κ1) is 10.8. The summed E-state index contributed by atoms with van der Waals surface area (Å²) in [7, 11) is 3.41. The number of likely N-dealkylation sites (N-methyl/N-ethyl adjacent to an activating group) is 1. The van der Waals surface area contributed by atoms with E-state index >= 15 is 0 Å². The maximum Gasteiger partial charge on any atom is 0.241 e. The molecule has 0 aliphatic rings. The molecule has 4 nitrogen and oxygen atoms in total. The van der Waals surface area contributed by atoms with Crippen molar-refractivity contribution in [3.05, 3.63) is 23.5 Å². The molecule has 5 heteroatoms. The van der Waals surface area contributed by atoms with Gasteiger partial charge < -0.3 is 10.2 Å². The molecule has 0 fully saturated rings. The molecule has 0 aliphatic carbocycles. The second kappa shape index (κ2) is 4.81. The van der Waals surface area contributed by atoms with Crippen LogP contribution in [-0.4, -0.2) is 36.4 Å². The highest BCUT2D eigenvalue weighted by Crippen LogP contribution is 2.18. The molecule has 1 N–H and O–H groups in total. The third kappa shape index (κ3) is 2.88. The van der Waals surface area contributed by atoms with Crippen molar-refractivity contribution in [1.82, 2.24) is 9.88 Å². The number of anilines is 1. The number of hydrogen-bond donors (Lipinski definition) is 1. The van der Waals surface area contributed by atoms with E-state index < -0.39 is 0 Å². The zero-order chi connectivity index (χ0) is 10.6. The zero-order valence-electron chi connectivity index (χ0n) is 8.12. The summed E-state index contributed by atoms with van der Waals surface area (Å²) >= 11 is 5.84. The topological polar surface area (TPSA) is 45.2 Å². The Kier molecular flexibility index (Phi) is 3.71. The number of pyridine rings is 1. The minimum absolute atomic E-state index is 0.00196. The Morgan fingerprint density at radius 2 is 2.36 bits per heavy atom. The van der Waals surface area contributed by atoms with Crippen LogP contribution in [0.2, 0.25) is 5.02 Å². The molecule has 76 valence electrons. The van der Waals surface area contributed by atoms with Crippen LogP contribution in [-0.2, 0) is 4.79 Å². The van der Waals surface area contributed by atoms with E-state index in [9.17, 15) is 4.79 Å². The number of rotatable bonds is 3. The second-order valence-corrected chi connectivity index (χ2v) is 3.40. The Bertz CT molecular complexity index is 328. The third-order valence-corrected chi connectivity index (χ3v) is 2.00. The van der Waals surface area contributed by atoms with Gasteiger partial charge in [0.05, 0.1) is 17.3 Å². The van der Waals surface area contributed by atoms with Crippen LogP contribution in [0.4, 0.5) is 5.69 Å². The molecule has 0 aliphatic heterocycles. The van der Waals surface area contributed by atoms with Gasteiger partial charge in [0.1, 0.15) is 0 Å². The summed E-state index contributed by atoms with van der Waals surface area (Å²) < 4.78 is 0. The van der Waals surface area contributed by atoms with E-state index in [2.05, 4.69) is 10.3 Å². The summed E-state index contributed by atoms with van der Waals surface area (Å²) in [6.45, 7) is 0.233. The molecule has 0 radical (unpaired) electrons. The normalized spacial score (nSPS) is 9.64. The van der Waals surface area contributed by atoms with Crippen molar-refractivity contribution in [3.8, 4) is 0 Å². The van der Waals surface area contributed by atoms with Crippen LogP contribution < -0.4 is 5.32 Å². The van der Waals surface area contributed by atoms with Crippen LogP contribution in [0.5, 0.6) is 0 Å². The SMILES string of the molecule is CN(C)C(=O)CNc1ccncc1Cl. The molecule has 1 aromatic rings. The molecule has 14 heavy (non-hydrogen) atoms. The van der Waals surface area contributed by atoms with E-state index in [0.29, 0.717) is 5.02 Å². The molecule has 0 spiro atoms. The molecule has 0 aromatic carbocycles. The minimum atomic E-state index is -0.00196. The van der Waals surface area contributed by atoms with Crippen molar-refractivity contribution in [2.24, 2.45) is 0 Å². The second-order valence-electron chi connectivity index (χ2n) is 3.00. The molecule has 0 unspecified atom stereocenters. The predicted octanol–water partition coefficient (Wildman–Crippen LogP) is 1.24. The van der Waals surface area contributed by atoms with Crippen molar-refractivity contribution in [1.29, 1.82) is 0 Å². The molecule has 0 saturated heterocycles. The molecule has 0 bridgehead atoms. The summed E-state index contributed by atoms with van der Waals surface area (Å²) in [5.74, 6) is -0.00196. The molecule has 1 heterocycles. The van der Waals surface area contributed by atoms with Crippen LogP contribution in [0.25, 0.3) is 0 Å². The highest BCUT2D eigenvalue weighted by atomic mass is 35.5. The third-order valence-electron chi connectivity index (χ3n) is 1.70. The monoisotopic (exact) mass is 213 g/mol. The molecule has 1 amide bonds. The predicted molar refractivity (Wildman–Crippen MR) is 56.4 cm³/mol. The Morgan fingerprint density at radius 3 is 2.93 bits per heavy atom. The molecular weight excluding hydrogens is 202 g/mol. The molecule has 1 aromatic heterocycles. The van der Waals surface area contributed by atoms with Crippen LogP contribution >= 0.6 is 11.6 Å². The van der Waals surface area contributed by atoms with Gasteiger partial charge in [-0.1, -0.05) is 11.6 Å². The number of halogens is 1. The summed E-state index contributed by atoms with van der Waals surface area (Å²) in [6, 6.07) is 1.73. The lowest BCUT2D eigenvalue weighted by Crippen LogP contribution is -2.28. The lowest BCUT2D eigenvalue weighted by molar-refractivity contribution is -0.126. The summed E-state index contributed by atoms with van der Waals surface area (Å²) in [4.78, 5) is 16.6. The standard InChI is InChI=1S/C9H12ClN3O/c1-13(2)9(14)6-12-8-3-4-11-5-7(8)10/h3-5H,6H2,1-2H3,(H,11,12). The lowest BCUT2D eigenvalue weighted by Gasteiger charge is -2.12. The maximum absolute atomic E-state index is 11.2. The van der Waals surface area contributed by atoms with Gasteiger partial charge in [-0.15, -0.1) is 0 Å². The van der Waals surface area contributed by atoms with Crippen molar-refractivity contribution in [2.75, 3.05) is 26.0 Å². The van der Waals surface area contributed by atoms with E-state index in [-0.39, 0.29) is 12.5 Å². The molecule has 0 saturated carbocycles. The summed E-state index contributed by atoms with van der Waals surface area (Å²) in [5, 5.41) is 3.44. The van der Waals surface area contributed by atoms with Gasteiger partial charge >= 0.3 is 0 Å². The van der Waals surface area contributed by atoms with Crippen LogP contribution in [0.15, 0.2) is 18.5 Å². The average molecular weight is 214 g/mol. The fourth-order valence-electron chi connectivity index (χ4n) is 0.848. The quantitative estimate of drug-likeness (QED) is 0.822. The Morgan fingerprint density at radius 1 is 1.64 bits per heavy atom. The van der Waals surface area contributed by atoms with Gasteiger partial charge in [0.25, 0.3) is 0 Å². The van der Waals surface area contributed by atoms with Crippen molar-refractivity contribution < 1.29 is 4.79 Å². The van der Waals surface area contributed by atoms with E-state index in [1.807, 2.05) is 0 Å².